The Morgan fingerprint density at radius 2 is 2.08 bits per heavy atom. The van der Waals surface area contributed by atoms with Crippen molar-refractivity contribution < 1.29 is 9.53 Å². The van der Waals surface area contributed by atoms with Gasteiger partial charge in [-0.3, -0.25) is 9.48 Å². The van der Waals surface area contributed by atoms with Crippen molar-refractivity contribution in [3.8, 4) is 5.75 Å². The van der Waals surface area contributed by atoms with E-state index in [1.54, 1.807) is 7.11 Å². The maximum Gasteiger partial charge on any atom is 0.224 e. The lowest BCUT2D eigenvalue weighted by molar-refractivity contribution is -0.120. The number of rotatable bonds is 7. The SMILES string of the molecule is COc1cccc(CNC(=O)Cc2c(C)nn(CC(C)C)c2C)c1. The van der Waals surface area contributed by atoms with Gasteiger partial charge in [0.05, 0.1) is 19.2 Å². The van der Waals surface area contributed by atoms with Crippen LogP contribution in [0.25, 0.3) is 0 Å². The lowest BCUT2D eigenvalue weighted by Crippen LogP contribution is -2.25. The van der Waals surface area contributed by atoms with Crippen LogP contribution in [0.15, 0.2) is 24.3 Å². The molecule has 0 radical (unpaired) electrons. The molecular formula is C19H27N3O2. The number of nitrogens with one attached hydrogen (secondary N) is 1. The Morgan fingerprint density at radius 3 is 2.75 bits per heavy atom. The molecule has 0 bridgehead atoms. The Labute approximate surface area is 144 Å². The van der Waals surface area contributed by atoms with Gasteiger partial charge in [-0.25, -0.2) is 0 Å². The van der Waals surface area contributed by atoms with Crippen molar-refractivity contribution in [3.05, 3.63) is 46.8 Å². The zero-order chi connectivity index (χ0) is 17.7. The van der Waals surface area contributed by atoms with Crippen LogP contribution < -0.4 is 10.1 Å². The smallest absolute Gasteiger partial charge is 0.224 e. The summed E-state index contributed by atoms with van der Waals surface area (Å²) in [5.74, 6) is 1.33. The fourth-order valence-electron chi connectivity index (χ4n) is 2.72. The minimum absolute atomic E-state index is 0.00752. The summed E-state index contributed by atoms with van der Waals surface area (Å²) in [6.07, 6.45) is 0.361. The van der Waals surface area contributed by atoms with Gasteiger partial charge >= 0.3 is 0 Å². The Kier molecular flexibility index (Phi) is 6.01. The quantitative estimate of drug-likeness (QED) is 0.849. The largest absolute Gasteiger partial charge is 0.497 e. The summed E-state index contributed by atoms with van der Waals surface area (Å²) < 4.78 is 7.20. The van der Waals surface area contributed by atoms with Crippen LogP contribution in [0.1, 0.15) is 36.4 Å². The fraction of sp³-hybridized carbons (Fsp3) is 0.474. The lowest BCUT2D eigenvalue weighted by atomic mass is 10.1. The highest BCUT2D eigenvalue weighted by Gasteiger charge is 2.15. The topological polar surface area (TPSA) is 56.1 Å². The molecule has 130 valence electrons. The highest BCUT2D eigenvalue weighted by molar-refractivity contribution is 5.79. The van der Waals surface area contributed by atoms with Crippen molar-refractivity contribution in [3.63, 3.8) is 0 Å². The average molecular weight is 329 g/mol. The Morgan fingerprint density at radius 1 is 1.33 bits per heavy atom. The van der Waals surface area contributed by atoms with Crippen LogP contribution in [0.4, 0.5) is 0 Å². The normalized spacial score (nSPS) is 10.9. The van der Waals surface area contributed by atoms with E-state index in [4.69, 9.17) is 4.74 Å². The summed E-state index contributed by atoms with van der Waals surface area (Å²) in [5.41, 5.74) is 4.06. The number of carbonyl (C=O) groups is 1. The first-order valence-electron chi connectivity index (χ1n) is 8.33. The number of methoxy groups -OCH3 is 1. The molecule has 1 N–H and O–H groups in total. The third kappa shape index (κ3) is 4.60. The van der Waals surface area contributed by atoms with Crippen molar-refractivity contribution in [2.24, 2.45) is 5.92 Å². The molecule has 0 saturated carbocycles. The molecule has 0 aliphatic rings. The van der Waals surface area contributed by atoms with Crippen LogP contribution in [0, 0.1) is 19.8 Å². The monoisotopic (exact) mass is 329 g/mol. The van der Waals surface area contributed by atoms with E-state index in [0.717, 1.165) is 34.8 Å². The van der Waals surface area contributed by atoms with E-state index in [-0.39, 0.29) is 5.91 Å². The number of ether oxygens (including phenoxy) is 1. The predicted octanol–water partition coefficient (Wildman–Crippen LogP) is 3.02. The van der Waals surface area contributed by atoms with E-state index < -0.39 is 0 Å². The molecule has 1 aromatic heterocycles. The standard InChI is InChI=1S/C19H27N3O2/c1-13(2)12-22-15(4)18(14(3)21-22)10-19(23)20-11-16-7-6-8-17(9-16)24-5/h6-9,13H,10-12H2,1-5H3,(H,20,23). The molecule has 0 atom stereocenters. The number of nitrogens with zero attached hydrogens (tertiary/aromatic N) is 2. The molecule has 2 rings (SSSR count). The number of aryl methyl sites for hydroxylation is 1. The predicted molar refractivity (Wildman–Crippen MR) is 95.1 cm³/mol. The summed E-state index contributed by atoms with van der Waals surface area (Å²) in [4.78, 5) is 12.3. The summed E-state index contributed by atoms with van der Waals surface area (Å²) in [6, 6.07) is 7.71. The molecule has 0 fully saturated rings. The number of hydrogen-bond acceptors (Lipinski definition) is 3. The molecule has 5 heteroatoms. The van der Waals surface area contributed by atoms with Crippen molar-refractivity contribution in [1.29, 1.82) is 0 Å². The fourth-order valence-corrected chi connectivity index (χ4v) is 2.72. The van der Waals surface area contributed by atoms with E-state index in [1.807, 2.05) is 42.8 Å². The van der Waals surface area contributed by atoms with E-state index >= 15 is 0 Å². The van der Waals surface area contributed by atoms with Gasteiger partial charge in [0.15, 0.2) is 0 Å². The number of carbonyl (C=O) groups excluding carboxylic acids is 1. The zero-order valence-electron chi connectivity index (χ0n) is 15.2. The summed E-state index contributed by atoms with van der Waals surface area (Å²) in [5, 5.41) is 7.54. The zero-order valence-corrected chi connectivity index (χ0v) is 15.2. The summed E-state index contributed by atoms with van der Waals surface area (Å²) >= 11 is 0. The molecule has 0 unspecified atom stereocenters. The Bertz CT molecular complexity index is 705. The molecule has 24 heavy (non-hydrogen) atoms. The molecule has 0 aliphatic carbocycles. The van der Waals surface area contributed by atoms with Gasteiger partial charge in [-0.15, -0.1) is 0 Å². The second-order valence-corrected chi connectivity index (χ2v) is 6.53. The third-order valence-corrected chi connectivity index (χ3v) is 4.03. The molecule has 2 aromatic rings. The minimum Gasteiger partial charge on any atom is -0.497 e. The van der Waals surface area contributed by atoms with Crippen LogP contribution in [0.5, 0.6) is 5.75 Å². The van der Waals surface area contributed by atoms with Gasteiger partial charge < -0.3 is 10.1 Å². The van der Waals surface area contributed by atoms with Crippen molar-refractivity contribution in [1.82, 2.24) is 15.1 Å². The van der Waals surface area contributed by atoms with Gasteiger partial charge in [0, 0.05) is 24.3 Å². The molecule has 1 aromatic carbocycles. The first kappa shape index (κ1) is 18.0. The second-order valence-electron chi connectivity index (χ2n) is 6.53. The van der Waals surface area contributed by atoms with Gasteiger partial charge in [-0.05, 0) is 37.5 Å². The Hall–Kier alpha value is -2.30. The molecule has 0 aliphatic heterocycles. The first-order valence-corrected chi connectivity index (χ1v) is 8.33. The van der Waals surface area contributed by atoms with Gasteiger partial charge in [-0.2, -0.15) is 5.10 Å². The van der Waals surface area contributed by atoms with Gasteiger partial charge in [0.2, 0.25) is 5.91 Å². The van der Waals surface area contributed by atoms with Crippen LogP contribution in [-0.4, -0.2) is 22.8 Å². The van der Waals surface area contributed by atoms with E-state index in [0.29, 0.717) is 18.9 Å². The van der Waals surface area contributed by atoms with E-state index in [9.17, 15) is 4.79 Å². The van der Waals surface area contributed by atoms with E-state index in [2.05, 4.69) is 24.3 Å². The van der Waals surface area contributed by atoms with Gasteiger partial charge in [0.1, 0.15) is 5.75 Å². The van der Waals surface area contributed by atoms with E-state index in [1.165, 1.54) is 0 Å². The highest BCUT2D eigenvalue weighted by Crippen LogP contribution is 2.16. The number of aromatic nitrogens is 2. The average Bonchev–Trinajstić information content (AvgIpc) is 2.80. The van der Waals surface area contributed by atoms with Gasteiger partial charge in [-0.1, -0.05) is 26.0 Å². The number of hydrogen-bond donors (Lipinski definition) is 1. The maximum absolute atomic E-state index is 12.3. The molecule has 0 saturated heterocycles. The first-order chi connectivity index (χ1) is 11.4. The summed E-state index contributed by atoms with van der Waals surface area (Å²) in [6.45, 7) is 9.70. The maximum atomic E-state index is 12.3. The van der Waals surface area contributed by atoms with Crippen LogP contribution in [0.3, 0.4) is 0 Å². The van der Waals surface area contributed by atoms with Gasteiger partial charge in [0.25, 0.3) is 0 Å². The minimum atomic E-state index is 0.00752. The molecule has 5 nitrogen and oxygen atoms in total. The number of amides is 1. The van der Waals surface area contributed by atoms with Crippen molar-refractivity contribution >= 4 is 5.91 Å². The van der Waals surface area contributed by atoms with Crippen molar-refractivity contribution in [2.75, 3.05) is 7.11 Å². The highest BCUT2D eigenvalue weighted by atomic mass is 16.5. The van der Waals surface area contributed by atoms with Crippen molar-refractivity contribution in [2.45, 2.75) is 47.2 Å². The molecule has 1 heterocycles. The molecular weight excluding hydrogens is 302 g/mol. The molecule has 1 amide bonds. The Balaban J connectivity index is 1.98. The number of benzene rings is 1. The molecule has 0 spiro atoms. The van der Waals surface area contributed by atoms with Crippen LogP contribution in [-0.2, 0) is 24.3 Å². The van der Waals surface area contributed by atoms with Crippen LogP contribution in [0.2, 0.25) is 0 Å². The third-order valence-electron chi connectivity index (χ3n) is 4.03. The van der Waals surface area contributed by atoms with Crippen LogP contribution >= 0.6 is 0 Å². The second kappa shape index (κ2) is 7.99. The lowest BCUT2D eigenvalue weighted by Gasteiger charge is -2.09. The summed E-state index contributed by atoms with van der Waals surface area (Å²) in [7, 11) is 1.64.